The Hall–Kier alpha value is -0.590. The lowest BCUT2D eigenvalue weighted by Crippen LogP contribution is -2.35. The summed E-state index contributed by atoms with van der Waals surface area (Å²) in [5, 5.41) is 0. The van der Waals surface area contributed by atoms with Crippen molar-refractivity contribution < 1.29 is 4.79 Å². The molecule has 1 fully saturated rings. The molecule has 0 aromatic carbocycles. The van der Waals surface area contributed by atoms with Crippen molar-refractivity contribution in [3.05, 3.63) is 12.2 Å². The second kappa shape index (κ2) is 2.70. The molecule has 0 heterocycles. The highest BCUT2D eigenvalue weighted by atomic mass is 16.1. The van der Waals surface area contributed by atoms with Crippen molar-refractivity contribution in [3.63, 3.8) is 0 Å². The molecule has 1 heteroatoms. The summed E-state index contributed by atoms with van der Waals surface area (Å²) >= 11 is 0. The summed E-state index contributed by atoms with van der Waals surface area (Å²) in [6.07, 6.45) is 6.86. The van der Waals surface area contributed by atoms with Gasteiger partial charge in [-0.1, -0.05) is 32.9 Å². The van der Waals surface area contributed by atoms with E-state index in [2.05, 4.69) is 19.1 Å². The minimum Gasteiger partial charge on any atom is -0.299 e. The highest BCUT2D eigenvalue weighted by molar-refractivity contribution is 5.87. The third-order valence-electron chi connectivity index (χ3n) is 3.76. The third kappa shape index (κ3) is 1.17. The van der Waals surface area contributed by atoms with Gasteiger partial charge in [0.05, 0.1) is 0 Å². The Labute approximate surface area is 80.2 Å². The highest BCUT2D eigenvalue weighted by Crippen LogP contribution is 2.53. The van der Waals surface area contributed by atoms with Crippen LogP contribution in [0.2, 0.25) is 0 Å². The number of carbonyl (C=O) groups is 1. The van der Waals surface area contributed by atoms with E-state index < -0.39 is 0 Å². The van der Waals surface area contributed by atoms with Crippen molar-refractivity contribution in [1.29, 1.82) is 0 Å². The second-order valence-corrected chi connectivity index (χ2v) is 5.13. The smallest absolute Gasteiger partial charge is 0.141 e. The minimum atomic E-state index is -0.0341. The normalized spacial score (nSPS) is 41.8. The van der Waals surface area contributed by atoms with Gasteiger partial charge in [0.1, 0.15) is 5.78 Å². The van der Waals surface area contributed by atoms with Crippen LogP contribution < -0.4 is 0 Å². The molecule has 72 valence electrons. The number of hydrogen-bond acceptors (Lipinski definition) is 1. The average molecular weight is 178 g/mol. The standard InChI is InChI=1S/C12H18O/c1-8(2)11(13)12(3)7-9-4-5-10(12)6-9/h4-5,8-10H,6-7H2,1-3H3/t9-,10+,12+/m1/s1. The zero-order chi connectivity index (χ0) is 9.64. The Morgan fingerprint density at radius 1 is 1.46 bits per heavy atom. The van der Waals surface area contributed by atoms with Crippen LogP contribution in [0.3, 0.4) is 0 Å². The number of rotatable bonds is 2. The maximum absolute atomic E-state index is 12.0. The van der Waals surface area contributed by atoms with Crippen LogP contribution in [0.1, 0.15) is 33.6 Å². The molecule has 0 aliphatic heterocycles. The summed E-state index contributed by atoms with van der Waals surface area (Å²) in [6.45, 7) is 6.19. The summed E-state index contributed by atoms with van der Waals surface area (Å²) in [6, 6.07) is 0. The zero-order valence-corrected chi connectivity index (χ0v) is 8.71. The van der Waals surface area contributed by atoms with E-state index in [1.165, 1.54) is 6.42 Å². The molecular formula is C12H18O. The molecule has 13 heavy (non-hydrogen) atoms. The van der Waals surface area contributed by atoms with E-state index in [0.29, 0.717) is 17.6 Å². The molecule has 0 aromatic rings. The Bertz CT molecular complexity index is 264. The maximum Gasteiger partial charge on any atom is 0.141 e. The van der Waals surface area contributed by atoms with Gasteiger partial charge in [0.15, 0.2) is 0 Å². The number of allylic oxidation sites excluding steroid dienone is 2. The molecule has 1 saturated carbocycles. The maximum atomic E-state index is 12.0. The molecule has 2 aliphatic carbocycles. The number of ketones is 1. The third-order valence-corrected chi connectivity index (χ3v) is 3.76. The van der Waals surface area contributed by atoms with Crippen molar-refractivity contribution in [2.24, 2.45) is 23.2 Å². The van der Waals surface area contributed by atoms with Crippen LogP contribution in [0.25, 0.3) is 0 Å². The first-order chi connectivity index (χ1) is 6.04. The summed E-state index contributed by atoms with van der Waals surface area (Å²) in [4.78, 5) is 12.0. The monoisotopic (exact) mass is 178 g/mol. The molecule has 1 nitrogen and oxygen atoms in total. The van der Waals surface area contributed by atoms with Gasteiger partial charge in [-0.3, -0.25) is 4.79 Å². The largest absolute Gasteiger partial charge is 0.299 e. The average Bonchev–Trinajstić information content (AvgIpc) is 2.62. The summed E-state index contributed by atoms with van der Waals surface area (Å²) < 4.78 is 0. The summed E-state index contributed by atoms with van der Waals surface area (Å²) in [5.41, 5.74) is -0.0341. The van der Waals surface area contributed by atoms with Crippen LogP contribution in [-0.4, -0.2) is 5.78 Å². The van der Waals surface area contributed by atoms with E-state index >= 15 is 0 Å². The van der Waals surface area contributed by atoms with Crippen LogP contribution in [-0.2, 0) is 4.79 Å². The van der Waals surface area contributed by atoms with Gasteiger partial charge in [-0.2, -0.15) is 0 Å². The van der Waals surface area contributed by atoms with E-state index in [4.69, 9.17) is 0 Å². The van der Waals surface area contributed by atoms with Gasteiger partial charge in [0, 0.05) is 11.3 Å². The van der Waals surface area contributed by atoms with E-state index in [1.54, 1.807) is 0 Å². The first-order valence-corrected chi connectivity index (χ1v) is 5.26. The molecule has 0 N–H and O–H groups in total. The fraction of sp³-hybridized carbons (Fsp3) is 0.750. The van der Waals surface area contributed by atoms with E-state index in [-0.39, 0.29) is 11.3 Å². The molecule has 0 saturated heterocycles. The molecule has 0 unspecified atom stereocenters. The van der Waals surface area contributed by atoms with Crippen molar-refractivity contribution in [2.75, 3.05) is 0 Å². The fourth-order valence-corrected chi connectivity index (χ4v) is 3.04. The number of fused-ring (bicyclic) bond motifs is 2. The molecule has 2 aliphatic rings. The first kappa shape index (κ1) is 8.98. The number of hydrogen-bond donors (Lipinski definition) is 0. The van der Waals surface area contributed by atoms with Crippen molar-refractivity contribution >= 4 is 5.78 Å². The molecule has 0 spiro atoms. The SMILES string of the molecule is CC(C)C(=O)[C@@]1(C)C[C@@H]2C=C[C@H]1C2. The van der Waals surface area contributed by atoms with Crippen molar-refractivity contribution in [3.8, 4) is 0 Å². The first-order valence-electron chi connectivity index (χ1n) is 5.26. The van der Waals surface area contributed by atoms with E-state index in [0.717, 1.165) is 6.42 Å². The van der Waals surface area contributed by atoms with Gasteiger partial charge in [0.25, 0.3) is 0 Å². The zero-order valence-electron chi connectivity index (χ0n) is 8.71. The quantitative estimate of drug-likeness (QED) is 0.594. The molecule has 0 aromatic heterocycles. The second-order valence-electron chi connectivity index (χ2n) is 5.13. The molecule has 2 bridgehead atoms. The van der Waals surface area contributed by atoms with Gasteiger partial charge >= 0.3 is 0 Å². The van der Waals surface area contributed by atoms with Crippen LogP contribution >= 0.6 is 0 Å². The molecule has 0 radical (unpaired) electrons. The molecule has 3 atom stereocenters. The van der Waals surface area contributed by atoms with Gasteiger partial charge in [-0.25, -0.2) is 0 Å². The molecular weight excluding hydrogens is 160 g/mol. The van der Waals surface area contributed by atoms with Crippen LogP contribution in [0.5, 0.6) is 0 Å². The lowest BCUT2D eigenvalue weighted by atomic mass is 9.71. The van der Waals surface area contributed by atoms with Gasteiger partial charge in [-0.05, 0) is 24.7 Å². The molecule has 2 rings (SSSR count). The Morgan fingerprint density at radius 2 is 2.15 bits per heavy atom. The summed E-state index contributed by atoms with van der Waals surface area (Å²) in [7, 11) is 0. The Kier molecular flexibility index (Phi) is 1.86. The Balaban J connectivity index is 2.23. The van der Waals surface area contributed by atoms with Crippen LogP contribution in [0, 0.1) is 23.2 Å². The summed E-state index contributed by atoms with van der Waals surface area (Å²) in [5.74, 6) is 1.88. The minimum absolute atomic E-state index is 0.0341. The predicted octanol–water partition coefficient (Wildman–Crippen LogP) is 2.81. The van der Waals surface area contributed by atoms with Crippen molar-refractivity contribution in [2.45, 2.75) is 33.6 Å². The number of carbonyl (C=O) groups excluding carboxylic acids is 1. The van der Waals surface area contributed by atoms with Gasteiger partial charge in [0.2, 0.25) is 0 Å². The van der Waals surface area contributed by atoms with Gasteiger partial charge in [-0.15, -0.1) is 0 Å². The van der Waals surface area contributed by atoms with Crippen LogP contribution in [0.15, 0.2) is 12.2 Å². The fourth-order valence-electron chi connectivity index (χ4n) is 3.04. The lowest BCUT2D eigenvalue weighted by molar-refractivity contribution is -0.132. The van der Waals surface area contributed by atoms with Crippen molar-refractivity contribution in [1.82, 2.24) is 0 Å². The predicted molar refractivity (Wildman–Crippen MR) is 53.3 cm³/mol. The Morgan fingerprint density at radius 3 is 2.54 bits per heavy atom. The topological polar surface area (TPSA) is 17.1 Å². The highest BCUT2D eigenvalue weighted by Gasteiger charge is 2.49. The van der Waals surface area contributed by atoms with Crippen LogP contribution in [0.4, 0.5) is 0 Å². The van der Waals surface area contributed by atoms with E-state index in [1.807, 2.05) is 13.8 Å². The van der Waals surface area contributed by atoms with E-state index in [9.17, 15) is 4.79 Å². The number of Topliss-reactive ketones (excluding diaryl/α,β-unsaturated/α-hetero) is 1. The van der Waals surface area contributed by atoms with Gasteiger partial charge < -0.3 is 0 Å². The molecule has 0 amide bonds. The lowest BCUT2D eigenvalue weighted by Gasteiger charge is -2.31.